The van der Waals surface area contributed by atoms with E-state index in [1.807, 2.05) is 6.92 Å². The summed E-state index contributed by atoms with van der Waals surface area (Å²) in [6, 6.07) is 4.98. The number of nitrogens with zero attached hydrogens (tertiary/aromatic N) is 1. The molecule has 0 aliphatic heterocycles. The molecule has 17 heavy (non-hydrogen) atoms. The Morgan fingerprint density at radius 1 is 1.47 bits per heavy atom. The third-order valence-electron chi connectivity index (χ3n) is 2.55. The van der Waals surface area contributed by atoms with Crippen LogP contribution in [0.15, 0.2) is 35.7 Å². The number of benzene rings is 1. The van der Waals surface area contributed by atoms with Crippen molar-refractivity contribution in [1.29, 1.82) is 0 Å². The Kier molecular flexibility index (Phi) is 4.31. The lowest BCUT2D eigenvalue weighted by atomic mass is 10.1. The van der Waals surface area contributed by atoms with E-state index >= 15 is 0 Å². The summed E-state index contributed by atoms with van der Waals surface area (Å²) in [5.41, 5.74) is 6.87. The van der Waals surface area contributed by atoms with Crippen molar-refractivity contribution >= 4 is 15.7 Å². The summed E-state index contributed by atoms with van der Waals surface area (Å²) in [5, 5.41) is 0. The average Bonchev–Trinajstić information content (AvgIpc) is 2.29. The molecule has 1 aromatic rings. The van der Waals surface area contributed by atoms with Gasteiger partial charge in [0.25, 0.3) is 0 Å². The summed E-state index contributed by atoms with van der Waals surface area (Å²) < 4.78 is 25.8. The van der Waals surface area contributed by atoms with E-state index in [0.717, 1.165) is 5.56 Å². The van der Waals surface area contributed by atoms with E-state index in [0.29, 0.717) is 12.1 Å². The molecule has 1 aromatic carbocycles. The maximum atomic E-state index is 12.3. The van der Waals surface area contributed by atoms with Gasteiger partial charge in [-0.1, -0.05) is 19.1 Å². The van der Waals surface area contributed by atoms with E-state index in [2.05, 4.69) is 6.58 Å². The summed E-state index contributed by atoms with van der Waals surface area (Å²) in [7, 11) is -1.96. The van der Waals surface area contributed by atoms with Gasteiger partial charge >= 0.3 is 0 Å². The lowest BCUT2D eigenvalue weighted by molar-refractivity contribution is 0.498. The van der Waals surface area contributed by atoms with Crippen LogP contribution < -0.4 is 5.73 Å². The zero-order valence-electron chi connectivity index (χ0n) is 10.2. The predicted molar refractivity (Wildman–Crippen MR) is 70.2 cm³/mol. The molecule has 0 fully saturated rings. The zero-order valence-corrected chi connectivity index (χ0v) is 11.0. The van der Waals surface area contributed by atoms with Crippen LogP contribution >= 0.6 is 0 Å². The quantitative estimate of drug-likeness (QED) is 0.641. The molecule has 0 aromatic heterocycles. The van der Waals surface area contributed by atoms with E-state index in [-0.39, 0.29) is 11.4 Å². The molecule has 0 heterocycles. The fraction of sp³-hybridized carbons (Fsp3) is 0.333. The van der Waals surface area contributed by atoms with Crippen molar-refractivity contribution < 1.29 is 8.42 Å². The minimum absolute atomic E-state index is 0.278. The molecule has 0 bridgehead atoms. The van der Waals surface area contributed by atoms with Crippen LogP contribution in [0.2, 0.25) is 0 Å². The van der Waals surface area contributed by atoms with Crippen LogP contribution in [-0.2, 0) is 16.4 Å². The number of nitrogen functional groups attached to an aromatic ring is 1. The van der Waals surface area contributed by atoms with Crippen molar-refractivity contribution in [3.63, 3.8) is 0 Å². The Hall–Kier alpha value is -1.33. The molecule has 0 atom stereocenters. The third kappa shape index (κ3) is 2.87. The number of nitrogens with two attached hydrogens (primary N) is 1. The molecular formula is C12H18N2O2S. The van der Waals surface area contributed by atoms with E-state index in [9.17, 15) is 8.42 Å². The lowest BCUT2D eigenvalue weighted by Gasteiger charge is -2.17. The summed E-state index contributed by atoms with van der Waals surface area (Å²) in [6.45, 7) is 5.73. The minimum atomic E-state index is -3.48. The van der Waals surface area contributed by atoms with Gasteiger partial charge < -0.3 is 5.73 Å². The Morgan fingerprint density at radius 3 is 2.65 bits per heavy atom. The highest BCUT2D eigenvalue weighted by atomic mass is 32.2. The highest BCUT2D eigenvalue weighted by Crippen LogP contribution is 2.22. The van der Waals surface area contributed by atoms with E-state index in [1.165, 1.54) is 17.4 Å². The maximum Gasteiger partial charge on any atom is 0.243 e. The van der Waals surface area contributed by atoms with Gasteiger partial charge in [-0.25, -0.2) is 8.42 Å². The Labute approximate surface area is 103 Å². The molecule has 1 rings (SSSR count). The molecule has 0 saturated carbocycles. The van der Waals surface area contributed by atoms with Crippen molar-refractivity contribution in [2.75, 3.05) is 19.3 Å². The van der Waals surface area contributed by atoms with E-state index in [4.69, 9.17) is 5.73 Å². The molecule has 5 heteroatoms. The third-order valence-corrected chi connectivity index (χ3v) is 4.45. The van der Waals surface area contributed by atoms with Gasteiger partial charge in [-0.2, -0.15) is 4.31 Å². The molecule has 0 aliphatic carbocycles. The number of hydrogen-bond acceptors (Lipinski definition) is 3. The van der Waals surface area contributed by atoms with Crippen molar-refractivity contribution in [2.45, 2.75) is 18.2 Å². The van der Waals surface area contributed by atoms with Gasteiger partial charge in [-0.05, 0) is 24.1 Å². The Balaban J connectivity index is 3.31. The number of sulfonamides is 1. The van der Waals surface area contributed by atoms with Crippen molar-refractivity contribution in [3.05, 3.63) is 36.4 Å². The summed E-state index contributed by atoms with van der Waals surface area (Å²) in [4.78, 5) is 0.282. The van der Waals surface area contributed by atoms with Crippen LogP contribution in [0.1, 0.15) is 12.5 Å². The van der Waals surface area contributed by atoms with Crippen molar-refractivity contribution in [1.82, 2.24) is 4.31 Å². The normalized spacial score (nSPS) is 11.7. The summed E-state index contributed by atoms with van der Waals surface area (Å²) in [5.74, 6) is 0. The summed E-state index contributed by atoms with van der Waals surface area (Å²) in [6.07, 6.45) is 2.20. The van der Waals surface area contributed by atoms with Crippen molar-refractivity contribution in [2.24, 2.45) is 0 Å². The minimum Gasteiger partial charge on any atom is -0.399 e. The number of rotatable bonds is 5. The highest BCUT2D eigenvalue weighted by Gasteiger charge is 2.22. The monoisotopic (exact) mass is 254 g/mol. The molecule has 0 aliphatic rings. The van der Waals surface area contributed by atoms with Gasteiger partial charge in [-0.3, -0.25) is 0 Å². The van der Waals surface area contributed by atoms with E-state index < -0.39 is 10.0 Å². The van der Waals surface area contributed by atoms with Gasteiger partial charge in [-0.15, -0.1) is 6.58 Å². The number of aryl methyl sites for hydroxylation is 1. The highest BCUT2D eigenvalue weighted by molar-refractivity contribution is 7.89. The fourth-order valence-corrected chi connectivity index (χ4v) is 3.02. The first kappa shape index (κ1) is 13.7. The number of hydrogen-bond donors (Lipinski definition) is 1. The van der Waals surface area contributed by atoms with Crippen LogP contribution in [0.4, 0.5) is 5.69 Å². The fourth-order valence-electron chi connectivity index (χ4n) is 1.55. The standard InChI is InChI=1S/C12H18N2O2S/c1-4-8-14(3)17(15,16)12-9-11(13)7-6-10(12)5-2/h4,6-7,9H,1,5,8,13H2,2-3H3. The van der Waals surface area contributed by atoms with Crippen LogP contribution in [0.25, 0.3) is 0 Å². The molecule has 0 spiro atoms. The topological polar surface area (TPSA) is 63.4 Å². The zero-order chi connectivity index (χ0) is 13.1. The smallest absolute Gasteiger partial charge is 0.243 e. The van der Waals surface area contributed by atoms with Crippen LogP contribution in [-0.4, -0.2) is 26.3 Å². The first-order valence-electron chi connectivity index (χ1n) is 5.39. The first-order valence-corrected chi connectivity index (χ1v) is 6.83. The van der Waals surface area contributed by atoms with Crippen molar-refractivity contribution in [3.8, 4) is 0 Å². The molecule has 94 valence electrons. The van der Waals surface area contributed by atoms with Crippen LogP contribution in [0.3, 0.4) is 0 Å². The second-order valence-corrected chi connectivity index (χ2v) is 5.81. The van der Waals surface area contributed by atoms with Gasteiger partial charge in [0.15, 0.2) is 0 Å². The molecule has 0 amide bonds. The van der Waals surface area contributed by atoms with Crippen LogP contribution in [0, 0.1) is 0 Å². The van der Waals surface area contributed by atoms with Crippen LogP contribution in [0.5, 0.6) is 0 Å². The Morgan fingerprint density at radius 2 is 2.12 bits per heavy atom. The van der Waals surface area contributed by atoms with Gasteiger partial charge in [0, 0.05) is 19.3 Å². The first-order chi connectivity index (χ1) is 7.93. The van der Waals surface area contributed by atoms with Gasteiger partial charge in [0.05, 0.1) is 4.90 Å². The SMILES string of the molecule is C=CCN(C)S(=O)(=O)c1cc(N)ccc1CC. The maximum absolute atomic E-state index is 12.3. The Bertz CT molecular complexity index is 509. The summed E-state index contributed by atoms with van der Waals surface area (Å²) >= 11 is 0. The largest absolute Gasteiger partial charge is 0.399 e. The second-order valence-electron chi connectivity index (χ2n) is 3.79. The number of anilines is 1. The molecule has 0 radical (unpaired) electrons. The predicted octanol–water partition coefficient (Wildman–Crippen LogP) is 1.64. The molecule has 0 unspecified atom stereocenters. The average molecular weight is 254 g/mol. The number of likely N-dealkylation sites (N-methyl/N-ethyl adjacent to an activating group) is 1. The van der Waals surface area contributed by atoms with Gasteiger partial charge in [0.2, 0.25) is 10.0 Å². The molecule has 4 nitrogen and oxygen atoms in total. The lowest BCUT2D eigenvalue weighted by Crippen LogP contribution is -2.27. The molecule has 0 saturated heterocycles. The second kappa shape index (κ2) is 5.33. The van der Waals surface area contributed by atoms with E-state index in [1.54, 1.807) is 18.2 Å². The molecular weight excluding hydrogens is 236 g/mol. The van der Waals surface area contributed by atoms with Gasteiger partial charge in [0.1, 0.15) is 0 Å². The molecule has 2 N–H and O–H groups in total.